The molecule has 0 aliphatic carbocycles. The van der Waals surface area contributed by atoms with Crippen LogP contribution in [0.2, 0.25) is 10.3 Å². The molecule has 0 aliphatic rings. The first-order chi connectivity index (χ1) is 9.04. The summed E-state index contributed by atoms with van der Waals surface area (Å²) in [6, 6.07) is 6.28. The highest BCUT2D eigenvalue weighted by atomic mass is 35.5. The van der Waals surface area contributed by atoms with Crippen LogP contribution in [-0.4, -0.2) is 9.97 Å². The Bertz CT molecular complexity index is 579. The molecule has 0 amide bonds. The van der Waals surface area contributed by atoms with Gasteiger partial charge in [-0.1, -0.05) is 55.2 Å². The fourth-order valence-electron chi connectivity index (χ4n) is 1.71. The molecule has 2 aromatic rings. The minimum Gasteiger partial charge on any atom is -0.220 e. The Hall–Kier alpha value is -1.19. The molecule has 1 aromatic carbocycles. The van der Waals surface area contributed by atoms with Gasteiger partial charge in [0.1, 0.15) is 21.9 Å². The third-order valence-corrected chi connectivity index (χ3v) is 3.58. The summed E-state index contributed by atoms with van der Waals surface area (Å²) in [5.74, 6) is 0.341. The first-order valence-corrected chi connectivity index (χ1v) is 6.78. The van der Waals surface area contributed by atoms with Gasteiger partial charge in [0.05, 0.1) is 5.56 Å². The van der Waals surface area contributed by atoms with Gasteiger partial charge in [-0.3, -0.25) is 0 Å². The monoisotopic (exact) mass is 298 g/mol. The highest BCUT2D eigenvalue weighted by molar-refractivity contribution is 6.37. The average molecular weight is 299 g/mol. The van der Waals surface area contributed by atoms with E-state index in [4.69, 9.17) is 23.2 Å². The van der Waals surface area contributed by atoms with Crippen LogP contribution in [0, 0.1) is 5.82 Å². The predicted octanol–water partition coefficient (Wildman–Crippen LogP) is 5.10. The standard InChI is InChI=1S/C14H13Cl2FN2/c1-3-8(2)14-18-12(15)11(13(16)19-14)9-6-4-5-7-10(9)17/h4-8H,3H2,1-2H3. The van der Waals surface area contributed by atoms with Gasteiger partial charge in [0.25, 0.3) is 0 Å². The fraction of sp³-hybridized carbons (Fsp3) is 0.286. The number of hydrogen-bond acceptors (Lipinski definition) is 2. The Balaban J connectivity index is 2.58. The van der Waals surface area contributed by atoms with Crippen molar-refractivity contribution in [1.82, 2.24) is 9.97 Å². The van der Waals surface area contributed by atoms with Gasteiger partial charge in [0.2, 0.25) is 0 Å². The van der Waals surface area contributed by atoms with Crippen molar-refractivity contribution in [3.05, 3.63) is 46.2 Å². The molecule has 0 aliphatic heterocycles. The van der Waals surface area contributed by atoms with Crippen molar-refractivity contribution in [2.24, 2.45) is 0 Å². The van der Waals surface area contributed by atoms with Crippen molar-refractivity contribution >= 4 is 23.2 Å². The highest BCUT2D eigenvalue weighted by Crippen LogP contribution is 2.35. The van der Waals surface area contributed by atoms with Crippen LogP contribution in [0.15, 0.2) is 24.3 Å². The van der Waals surface area contributed by atoms with Crippen molar-refractivity contribution in [2.45, 2.75) is 26.2 Å². The first kappa shape index (κ1) is 14.2. The van der Waals surface area contributed by atoms with Gasteiger partial charge in [-0.25, -0.2) is 14.4 Å². The molecule has 19 heavy (non-hydrogen) atoms. The topological polar surface area (TPSA) is 25.8 Å². The third kappa shape index (κ3) is 2.88. The van der Waals surface area contributed by atoms with Gasteiger partial charge in [-0.05, 0) is 12.5 Å². The van der Waals surface area contributed by atoms with Crippen molar-refractivity contribution in [3.8, 4) is 11.1 Å². The molecule has 0 saturated heterocycles. The Kier molecular flexibility index (Phi) is 4.38. The minimum atomic E-state index is -0.397. The van der Waals surface area contributed by atoms with Gasteiger partial charge >= 0.3 is 0 Å². The molecular formula is C14H13Cl2FN2. The van der Waals surface area contributed by atoms with Crippen molar-refractivity contribution < 1.29 is 4.39 Å². The Morgan fingerprint density at radius 2 is 1.74 bits per heavy atom. The second kappa shape index (κ2) is 5.85. The normalized spacial score (nSPS) is 12.5. The van der Waals surface area contributed by atoms with E-state index in [0.29, 0.717) is 17.0 Å². The zero-order valence-electron chi connectivity index (χ0n) is 10.6. The lowest BCUT2D eigenvalue weighted by molar-refractivity contribution is 0.630. The number of nitrogens with zero attached hydrogens (tertiary/aromatic N) is 2. The molecule has 2 nitrogen and oxygen atoms in total. The molecule has 0 bridgehead atoms. The largest absolute Gasteiger partial charge is 0.220 e. The van der Waals surface area contributed by atoms with E-state index in [1.807, 2.05) is 13.8 Å². The van der Waals surface area contributed by atoms with E-state index in [2.05, 4.69) is 9.97 Å². The summed E-state index contributed by atoms with van der Waals surface area (Å²) in [7, 11) is 0. The van der Waals surface area contributed by atoms with Crippen LogP contribution in [0.4, 0.5) is 4.39 Å². The van der Waals surface area contributed by atoms with Crippen LogP contribution < -0.4 is 0 Å². The molecule has 1 atom stereocenters. The van der Waals surface area contributed by atoms with Gasteiger partial charge in [0, 0.05) is 11.5 Å². The van der Waals surface area contributed by atoms with E-state index in [9.17, 15) is 4.39 Å². The molecular weight excluding hydrogens is 286 g/mol. The van der Waals surface area contributed by atoms with E-state index in [0.717, 1.165) is 6.42 Å². The Morgan fingerprint density at radius 1 is 1.16 bits per heavy atom. The summed E-state index contributed by atoms with van der Waals surface area (Å²) in [4.78, 5) is 8.45. The smallest absolute Gasteiger partial charge is 0.142 e. The summed E-state index contributed by atoms with van der Waals surface area (Å²) < 4.78 is 13.8. The molecule has 1 unspecified atom stereocenters. The third-order valence-electron chi connectivity index (χ3n) is 3.03. The van der Waals surface area contributed by atoms with E-state index < -0.39 is 5.82 Å². The SMILES string of the molecule is CCC(C)c1nc(Cl)c(-c2ccccc2F)c(Cl)n1. The number of rotatable bonds is 3. The second-order valence-electron chi connectivity index (χ2n) is 4.33. The van der Waals surface area contributed by atoms with Crippen LogP contribution >= 0.6 is 23.2 Å². The Labute approximate surface area is 121 Å². The number of halogens is 3. The molecule has 0 saturated carbocycles. The van der Waals surface area contributed by atoms with Crippen molar-refractivity contribution in [2.75, 3.05) is 0 Å². The second-order valence-corrected chi connectivity index (χ2v) is 5.04. The van der Waals surface area contributed by atoms with Crippen LogP contribution in [0.1, 0.15) is 32.0 Å². The quantitative estimate of drug-likeness (QED) is 0.737. The molecule has 0 N–H and O–H groups in total. The maximum absolute atomic E-state index is 13.8. The minimum absolute atomic E-state index is 0.157. The zero-order chi connectivity index (χ0) is 14.0. The molecule has 0 spiro atoms. The van der Waals surface area contributed by atoms with Crippen LogP contribution in [0.5, 0.6) is 0 Å². The molecule has 100 valence electrons. The van der Waals surface area contributed by atoms with Crippen LogP contribution in [0.3, 0.4) is 0 Å². The van der Waals surface area contributed by atoms with Gasteiger partial charge in [0.15, 0.2) is 0 Å². The van der Waals surface area contributed by atoms with Gasteiger partial charge in [-0.2, -0.15) is 0 Å². The fourth-order valence-corrected chi connectivity index (χ4v) is 2.32. The Morgan fingerprint density at radius 3 is 2.26 bits per heavy atom. The predicted molar refractivity (Wildman–Crippen MR) is 76.2 cm³/mol. The summed E-state index contributed by atoms with van der Waals surface area (Å²) in [6.45, 7) is 4.02. The van der Waals surface area contributed by atoms with Crippen molar-refractivity contribution in [3.63, 3.8) is 0 Å². The van der Waals surface area contributed by atoms with Crippen LogP contribution in [-0.2, 0) is 0 Å². The van der Waals surface area contributed by atoms with Crippen molar-refractivity contribution in [1.29, 1.82) is 0 Å². The molecule has 2 rings (SSSR count). The van der Waals surface area contributed by atoms with E-state index >= 15 is 0 Å². The van der Waals surface area contributed by atoms with Gasteiger partial charge < -0.3 is 0 Å². The van der Waals surface area contributed by atoms with E-state index in [1.165, 1.54) is 6.07 Å². The van der Waals surface area contributed by atoms with Crippen LogP contribution in [0.25, 0.3) is 11.1 Å². The lowest BCUT2D eigenvalue weighted by Crippen LogP contribution is -2.02. The summed E-state index contributed by atoms with van der Waals surface area (Å²) in [5, 5.41) is 0.362. The highest BCUT2D eigenvalue weighted by Gasteiger charge is 2.18. The molecule has 1 heterocycles. The molecule has 0 fully saturated rings. The van der Waals surface area contributed by atoms with Gasteiger partial charge in [-0.15, -0.1) is 0 Å². The molecule has 5 heteroatoms. The zero-order valence-corrected chi connectivity index (χ0v) is 12.1. The molecule has 0 radical (unpaired) electrons. The maximum Gasteiger partial charge on any atom is 0.142 e. The maximum atomic E-state index is 13.8. The van der Waals surface area contributed by atoms with E-state index in [1.54, 1.807) is 18.2 Å². The summed E-state index contributed by atoms with van der Waals surface area (Å²) in [5.41, 5.74) is 0.654. The molecule has 1 aromatic heterocycles. The first-order valence-electron chi connectivity index (χ1n) is 6.02. The number of benzene rings is 1. The lowest BCUT2D eigenvalue weighted by Gasteiger charge is -2.12. The average Bonchev–Trinajstić information content (AvgIpc) is 2.39. The number of hydrogen-bond donors (Lipinski definition) is 0. The summed E-state index contributed by atoms with van der Waals surface area (Å²) >= 11 is 12.3. The number of aromatic nitrogens is 2. The van der Waals surface area contributed by atoms with E-state index in [-0.39, 0.29) is 16.2 Å². The lowest BCUT2D eigenvalue weighted by atomic mass is 10.1. The summed E-state index contributed by atoms with van der Waals surface area (Å²) in [6.07, 6.45) is 0.881.